The number of allylic oxidation sites excluding steroid dienone is 1. The minimum Gasteiger partial charge on any atom is -0.481 e. The number of nitrogens with zero attached hydrogens (tertiary/aromatic N) is 1. The van der Waals surface area contributed by atoms with E-state index in [0.29, 0.717) is 5.69 Å². The fourth-order valence-corrected chi connectivity index (χ4v) is 1.24. The largest absolute Gasteiger partial charge is 0.481 e. The Kier molecular flexibility index (Phi) is 4.85. The van der Waals surface area contributed by atoms with Gasteiger partial charge in [0, 0.05) is 11.9 Å². The Morgan fingerprint density at radius 3 is 2.83 bits per heavy atom. The number of aliphatic imine (C=N–C) groups is 1. The van der Waals surface area contributed by atoms with Crippen LogP contribution < -0.4 is 5.73 Å². The van der Waals surface area contributed by atoms with Gasteiger partial charge in [-0.25, -0.2) is 4.39 Å². The molecule has 0 saturated carbocycles. The van der Waals surface area contributed by atoms with Crippen LogP contribution in [0.5, 0.6) is 0 Å². The van der Waals surface area contributed by atoms with Gasteiger partial charge in [-0.2, -0.15) is 0 Å². The Morgan fingerprint density at radius 1 is 1.61 bits per heavy atom. The lowest BCUT2D eigenvalue weighted by molar-refractivity contribution is -0.139. The summed E-state index contributed by atoms with van der Waals surface area (Å²) in [6.07, 6.45) is 2.73. The molecular weight excluding hydrogens is 259 g/mol. The van der Waals surface area contributed by atoms with Crippen LogP contribution >= 0.6 is 11.6 Å². The summed E-state index contributed by atoms with van der Waals surface area (Å²) in [7, 11) is 0. The molecule has 4 nitrogen and oxygen atoms in total. The molecule has 1 aromatic rings. The Labute approximate surface area is 109 Å². The first-order valence-corrected chi connectivity index (χ1v) is 5.47. The highest BCUT2D eigenvalue weighted by Crippen LogP contribution is 2.21. The number of carbonyl (C=O) groups is 1. The first-order valence-electron chi connectivity index (χ1n) is 5.09. The minimum atomic E-state index is -1.01. The van der Waals surface area contributed by atoms with E-state index in [0.717, 1.165) is 0 Å². The normalized spacial score (nSPS) is 13.8. The van der Waals surface area contributed by atoms with Crippen molar-refractivity contribution in [3.63, 3.8) is 0 Å². The summed E-state index contributed by atoms with van der Waals surface area (Å²) in [5, 5.41) is 8.68. The molecule has 18 heavy (non-hydrogen) atoms. The Morgan fingerprint density at radius 2 is 2.28 bits per heavy atom. The van der Waals surface area contributed by atoms with E-state index in [4.69, 9.17) is 22.4 Å². The van der Waals surface area contributed by atoms with E-state index in [2.05, 4.69) is 4.99 Å². The quantitative estimate of drug-likeness (QED) is 0.826. The van der Waals surface area contributed by atoms with Crippen molar-refractivity contribution in [3.05, 3.63) is 40.8 Å². The van der Waals surface area contributed by atoms with Crippen LogP contribution in [0.3, 0.4) is 0 Å². The molecule has 0 aromatic heterocycles. The second kappa shape index (κ2) is 6.16. The van der Waals surface area contributed by atoms with Crippen molar-refractivity contribution in [2.24, 2.45) is 16.6 Å². The van der Waals surface area contributed by atoms with Gasteiger partial charge in [0.05, 0.1) is 16.6 Å². The monoisotopic (exact) mass is 270 g/mol. The van der Waals surface area contributed by atoms with E-state index in [9.17, 15) is 9.18 Å². The second-order valence-electron chi connectivity index (χ2n) is 3.60. The van der Waals surface area contributed by atoms with Gasteiger partial charge in [0.15, 0.2) is 0 Å². The molecule has 96 valence electrons. The fraction of sp³-hybridized carbons (Fsp3) is 0.167. The summed E-state index contributed by atoms with van der Waals surface area (Å²) in [5.41, 5.74) is 6.17. The van der Waals surface area contributed by atoms with Gasteiger partial charge in [-0.1, -0.05) is 11.6 Å². The molecule has 6 heteroatoms. The molecule has 0 aliphatic rings. The maximum Gasteiger partial charge on any atom is 0.312 e. The SMILES string of the molecule is CC(C(=O)O)/C(N)=C/C=Nc1ccc(F)c(Cl)c1. The molecule has 1 unspecified atom stereocenters. The van der Waals surface area contributed by atoms with Crippen molar-refractivity contribution >= 4 is 29.5 Å². The zero-order chi connectivity index (χ0) is 13.7. The van der Waals surface area contributed by atoms with Crippen LogP contribution in [0.25, 0.3) is 0 Å². The fourth-order valence-electron chi connectivity index (χ4n) is 1.06. The lowest BCUT2D eigenvalue weighted by atomic mass is 10.1. The number of rotatable bonds is 4. The molecule has 0 aliphatic carbocycles. The van der Waals surface area contributed by atoms with Crippen LogP contribution in [0.4, 0.5) is 10.1 Å². The molecule has 0 fully saturated rings. The lowest BCUT2D eigenvalue weighted by Crippen LogP contribution is -2.17. The van der Waals surface area contributed by atoms with E-state index < -0.39 is 17.7 Å². The highest BCUT2D eigenvalue weighted by Gasteiger charge is 2.12. The average molecular weight is 271 g/mol. The lowest BCUT2D eigenvalue weighted by Gasteiger charge is -2.04. The van der Waals surface area contributed by atoms with Gasteiger partial charge >= 0.3 is 5.97 Å². The van der Waals surface area contributed by atoms with Gasteiger partial charge in [-0.15, -0.1) is 0 Å². The van der Waals surface area contributed by atoms with Crippen LogP contribution in [-0.2, 0) is 4.79 Å². The molecule has 0 aliphatic heterocycles. The van der Waals surface area contributed by atoms with Crippen LogP contribution in [0, 0.1) is 11.7 Å². The molecule has 1 rings (SSSR count). The standard InChI is InChI=1S/C12H12ClFN2O2/c1-7(12(17)18)11(15)4-5-16-8-2-3-10(14)9(13)6-8/h2-7H,15H2,1H3,(H,17,18)/b11-4-,16-5?. The third-order valence-corrected chi connectivity index (χ3v) is 2.55. The van der Waals surface area contributed by atoms with Gasteiger partial charge in [-0.3, -0.25) is 9.79 Å². The summed E-state index contributed by atoms with van der Waals surface area (Å²) >= 11 is 5.58. The number of nitrogens with two attached hydrogens (primary N) is 1. The van der Waals surface area contributed by atoms with Crippen LogP contribution in [-0.4, -0.2) is 17.3 Å². The van der Waals surface area contributed by atoms with E-state index in [1.54, 1.807) is 0 Å². The number of hydrogen-bond acceptors (Lipinski definition) is 3. The first kappa shape index (κ1) is 14.2. The number of carboxylic acid groups (broad SMARTS) is 1. The smallest absolute Gasteiger partial charge is 0.312 e. The third kappa shape index (κ3) is 3.85. The molecule has 0 bridgehead atoms. The van der Waals surface area contributed by atoms with E-state index in [1.165, 1.54) is 37.4 Å². The zero-order valence-corrected chi connectivity index (χ0v) is 10.4. The predicted octanol–water partition coefficient (Wildman–Crippen LogP) is 2.74. The van der Waals surface area contributed by atoms with Crippen molar-refractivity contribution in [3.8, 4) is 0 Å². The minimum absolute atomic E-state index is 0.0273. The van der Waals surface area contributed by atoms with Gasteiger partial charge in [0.25, 0.3) is 0 Å². The zero-order valence-electron chi connectivity index (χ0n) is 9.60. The second-order valence-corrected chi connectivity index (χ2v) is 4.01. The van der Waals surface area contributed by atoms with Crippen LogP contribution in [0.2, 0.25) is 5.02 Å². The molecular formula is C12H12ClFN2O2. The predicted molar refractivity (Wildman–Crippen MR) is 68.6 cm³/mol. The van der Waals surface area contributed by atoms with Crippen molar-refractivity contribution in [1.82, 2.24) is 0 Å². The Balaban J connectivity index is 2.78. The third-order valence-electron chi connectivity index (χ3n) is 2.26. The van der Waals surface area contributed by atoms with Crippen LogP contribution in [0.15, 0.2) is 35.0 Å². The summed E-state index contributed by atoms with van der Waals surface area (Å²) in [6, 6.07) is 4.00. The van der Waals surface area contributed by atoms with Gasteiger partial charge < -0.3 is 10.8 Å². The summed E-state index contributed by atoms with van der Waals surface area (Å²) in [6.45, 7) is 1.47. The van der Waals surface area contributed by atoms with Gasteiger partial charge in [-0.05, 0) is 31.2 Å². The molecule has 0 amide bonds. The number of hydrogen-bond donors (Lipinski definition) is 2. The van der Waals surface area contributed by atoms with Crippen molar-refractivity contribution in [2.75, 3.05) is 0 Å². The highest BCUT2D eigenvalue weighted by molar-refractivity contribution is 6.31. The average Bonchev–Trinajstić information content (AvgIpc) is 2.32. The molecule has 1 atom stereocenters. The van der Waals surface area contributed by atoms with Crippen molar-refractivity contribution in [2.45, 2.75) is 6.92 Å². The molecule has 0 saturated heterocycles. The van der Waals surface area contributed by atoms with Gasteiger partial charge in [0.1, 0.15) is 5.82 Å². The van der Waals surface area contributed by atoms with E-state index in [-0.39, 0.29) is 10.7 Å². The maximum atomic E-state index is 12.9. The maximum absolute atomic E-state index is 12.9. The summed E-state index contributed by atoms with van der Waals surface area (Å²) < 4.78 is 12.9. The number of aliphatic carboxylic acids is 1. The van der Waals surface area contributed by atoms with E-state index in [1.807, 2.05) is 0 Å². The number of halogens is 2. The molecule has 3 N–H and O–H groups in total. The molecule has 0 spiro atoms. The molecule has 1 aromatic carbocycles. The summed E-state index contributed by atoms with van der Waals surface area (Å²) in [5.74, 6) is -2.32. The number of benzene rings is 1. The Bertz CT molecular complexity index is 515. The van der Waals surface area contributed by atoms with Crippen LogP contribution in [0.1, 0.15) is 6.92 Å². The van der Waals surface area contributed by atoms with Gasteiger partial charge in [0.2, 0.25) is 0 Å². The van der Waals surface area contributed by atoms with E-state index >= 15 is 0 Å². The molecule has 0 heterocycles. The summed E-state index contributed by atoms with van der Waals surface area (Å²) in [4.78, 5) is 14.6. The molecule has 0 radical (unpaired) electrons. The first-order chi connectivity index (χ1) is 8.41. The van der Waals surface area contributed by atoms with Crippen molar-refractivity contribution < 1.29 is 14.3 Å². The topological polar surface area (TPSA) is 75.7 Å². The Hall–Kier alpha value is -1.88. The van der Waals surface area contributed by atoms with Crippen molar-refractivity contribution in [1.29, 1.82) is 0 Å². The highest BCUT2D eigenvalue weighted by atomic mass is 35.5. The number of carboxylic acids is 1.